The van der Waals surface area contributed by atoms with Crippen LogP contribution in [0.2, 0.25) is 63.2 Å². The van der Waals surface area contributed by atoms with Crippen molar-refractivity contribution in [1.82, 2.24) is 0 Å². The van der Waals surface area contributed by atoms with Crippen LogP contribution in [0.1, 0.15) is 11.1 Å². The van der Waals surface area contributed by atoms with E-state index in [0.717, 1.165) is 0 Å². The maximum atomic E-state index is 3.87. The van der Waals surface area contributed by atoms with E-state index in [1.165, 1.54) is 17.5 Å². The molecule has 124 valence electrons. The Bertz CT molecular complexity index is 472. The summed E-state index contributed by atoms with van der Waals surface area (Å²) in [5.41, 5.74) is 2.75. The fourth-order valence-electron chi connectivity index (χ4n) is 5.25. The molecule has 0 aliphatic carbocycles. The molecule has 0 atom stereocenters. The topological polar surface area (TPSA) is 0 Å². The van der Waals surface area contributed by atoms with Crippen molar-refractivity contribution in [2.45, 2.75) is 69.6 Å². The van der Waals surface area contributed by atoms with Gasteiger partial charge in [0.05, 0.1) is 0 Å². The summed E-state index contributed by atoms with van der Waals surface area (Å²) in [6, 6.07) is 9.13. The Balaban J connectivity index is 3.46. The van der Waals surface area contributed by atoms with Gasteiger partial charge in [-0.2, -0.15) is 0 Å². The first-order chi connectivity index (χ1) is 9.76. The van der Waals surface area contributed by atoms with Gasteiger partial charge in [0.2, 0.25) is 0 Å². The summed E-state index contributed by atoms with van der Waals surface area (Å²) in [5.74, 6) is 0. The molecule has 3 heteroatoms. The lowest BCUT2D eigenvalue weighted by molar-refractivity contribution is 0.873. The molecule has 0 spiro atoms. The van der Waals surface area contributed by atoms with Crippen LogP contribution in [0.3, 0.4) is 0 Å². The second kappa shape index (κ2) is 6.25. The highest BCUT2D eigenvalue weighted by Gasteiger charge is 2.59. The van der Waals surface area contributed by atoms with Crippen molar-refractivity contribution in [3.63, 3.8) is 0 Å². The molecule has 22 heavy (non-hydrogen) atoms. The molecule has 0 radical (unpaired) electrons. The van der Waals surface area contributed by atoms with Gasteiger partial charge in [0.25, 0.3) is 0 Å². The lowest BCUT2D eigenvalue weighted by atomic mass is 10.1. The third-order valence-corrected chi connectivity index (χ3v) is 27.2. The monoisotopic (exact) mass is 348 g/mol. The van der Waals surface area contributed by atoms with Gasteiger partial charge in [0.1, 0.15) is 0 Å². The predicted molar refractivity (Wildman–Crippen MR) is 113 cm³/mol. The number of hydrogen-bond acceptors (Lipinski definition) is 0. The van der Waals surface area contributed by atoms with Gasteiger partial charge in [0, 0.05) is 24.2 Å². The van der Waals surface area contributed by atoms with Gasteiger partial charge in [-0.15, -0.1) is 0 Å². The molecule has 0 nitrogen and oxygen atoms in total. The van der Waals surface area contributed by atoms with Crippen LogP contribution >= 0.6 is 0 Å². The van der Waals surface area contributed by atoms with E-state index in [1.807, 2.05) is 6.08 Å². The molecular weight excluding hydrogens is 312 g/mol. The van der Waals surface area contributed by atoms with Crippen molar-refractivity contribution in [1.29, 1.82) is 0 Å². The summed E-state index contributed by atoms with van der Waals surface area (Å²) < 4.78 is 0.600. The van der Waals surface area contributed by atoms with Gasteiger partial charge in [-0.25, -0.2) is 0 Å². The van der Waals surface area contributed by atoms with Crippen LogP contribution in [-0.2, 0) is 6.42 Å². The lowest BCUT2D eigenvalue weighted by Gasteiger charge is -2.59. The third-order valence-electron chi connectivity index (χ3n) is 5.53. The minimum atomic E-state index is -1.31. The van der Waals surface area contributed by atoms with Crippen molar-refractivity contribution in [3.8, 4) is 0 Å². The SMILES string of the molecule is C=Cc1ccc(CC([Si](C)(C)C)([Si](C)(C)C)[Si](C)(C)C)cc1. The number of benzene rings is 1. The minimum Gasteiger partial charge on any atom is -0.0985 e. The van der Waals surface area contributed by atoms with Crippen LogP contribution in [0.25, 0.3) is 6.08 Å². The lowest BCUT2D eigenvalue weighted by Crippen LogP contribution is -2.66. The predicted octanol–water partition coefficient (Wildman–Crippen LogP) is 6.71. The molecule has 1 aromatic carbocycles. The fourth-order valence-corrected chi connectivity index (χ4v) is 34.5. The van der Waals surface area contributed by atoms with Crippen molar-refractivity contribution in [2.75, 3.05) is 0 Å². The Morgan fingerprint density at radius 2 is 1.14 bits per heavy atom. The average molecular weight is 349 g/mol. The van der Waals surface area contributed by atoms with Crippen LogP contribution in [0, 0.1) is 0 Å². The van der Waals surface area contributed by atoms with E-state index in [4.69, 9.17) is 0 Å². The zero-order chi connectivity index (χ0) is 17.4. The van der Waals surface area contributed by atoms with Gasteiger partial charge < -0.3 is 0 Å². The van der Waals surface area contributed by atoms with Crippen molar-refractivity contribution in [2.24, 2.45) is 0 Å². The molecule has 0 heterocycles. The highest BCUT2D eigenvalue weighted by molar-refractivity contribution is 7.15. The molecule has 0 saturated heterocycles. The summed E-state index contributed by atoms with van der Waals surface area (Å²) in [6.45, 7) is 27.4. The normalized spacial score (nSPS) is 14.0. The number of rotatable bonds is 6. The maximum absolute atomic E-state index is 3.87. The molecule has 0 aliphatic heterocycles. The van der Waals surface area contributed by atoms with E-state index >= 15 is 0 Å². The van der Waals surface area contributed by atoms with Gasteiger partial charge in [0.15, 0.2) is 0 Å². The Labute approximate surface area is 142 Å². The molecule has 0 saturated carbocycles. The number of hydrogen-bond donors (Lipinski definition) is 0. The Kier molecular flexibility index (Phi) is 5.58. The molecule has 0 aromatic heterocycles. The van der Waals surface area contributed by atoms with E-state index < -0.39 is 24.2 Å². The maximum Gasteiger partial charge on any atom is 0.0455 e. The molecule has 0 fully saturated rings. The molecule has 0 unspecified atom stereocenters. The second-order valence-corrected chi connectivity index (χ2v) is 27.3. The Hall–Kier alpha value is -0.389. The highest BCUT2D eigenvalue weighted by Crippen LogP contribution is 2.55. The molecule has 0 bridgehead atoms. The van der Waals surface area contributed by atoms with E-state index in [1.54, 1.807) is 0 Å². The summed E-state index contributed by atoms with van der Waals surface area (Å²) in [5, 5.41) is 0. The summed E-state index contributed by atoms with van der Waals surface area (Å²) >= 11 is 0. The largest absolute Gasteiger partial charge is 0.0985 e. The standard InChI is InChI=1S/C19H36Si3/c1-11-17-12-14-18(15-13-17)16-19(20(2,3)4,21(5,6)7)22(8,9)10/h11-15H,1,16H2,2-10H3. The molecule has 0 N–H and O–H groups in total. The van der Waals surface area contributed by atoms with E-state index in [9.17, 15) is 0 Å². The first-order valence-electron chi connectivity index (χ1n) is 8.48. The van der Waals surface area contributed by atoms with Crippen molar-refractivity contribution >= 4 is 30.3 Å². The van der Waals surface area contributed by atoms with Gasteiger partial charge in [-0.05, 0) is 21.8 Å². The molecule has 0 aliphatic rings. The van der Waals surface area contributed by atoms with Crippen molar-refractivity contribution in [3.05, 3.63) is 42.0 Å². The van der Waals surface area contributed by atoms with Crippen LogP contribution in [0.5, 0.6) is 0 Å². The third kappa shape index (κ3) is 3.57. The highest BCUT2D eigenvalue weighted by atomic mass is 28.5. The fraction of sp³-hybridized carbons (Fsp3) is 0.579. The van der Waals surface area contributed by atoms with E-state index in [-0.39, 0.29) is 0 Å². The zero-order valence-corrected chi connectivity index (χ0v) is 19.3. The quantitative estimate of drug-likeness (QED) is 0.501. The Morgan fingerprint density at radius 1 is 0.773 bits per heavy atom. The summed E-state index contributed by atoms with van der Waals surface area (Å²) in [6.07, 6.45) is 3.22. The van der Waals surface area contributed by atoms with Gasteiger partial charge in [-0.3, -0.25) is 0 Å². The molecule has 1 aromatic rings. The first kappa shape index (κ1) is 19.7. The summed E-state index contributed by atoms with van der Waals surface area (Å²) in [4.78, 5) is 0. The van der Waals surface area contributed by atoms with Crippen LogP contribution in [-0.4, -0.2) is 24.2 Å². The van der Waals surface area contributed by atoms with E-state index in [0.29, 0.717) is 4.28 Å². The molecule has 0 amide bonds. The van der Waals surface area contributed by atoms with Crippen LogP contribution in [0.15, 0.2) is 30.8 Å². The van der Waals surface area contributed by atoms with E-state index in [2.05, 4.69) is 89.8 Å². The molecule has 1 rings (SSSR count). The Morgan fingerprint density at radius 3 is 1.41 bits per heavy atom. The van der Waals surface area contributed by atoms with Crippen molar-refractivity contribution < 1.29 is 0 Å². The average Bonchev–Trinajstić information content (AvgIpc) is 2.32. The van der Waals surface area contributed by atoms with Gasteiger partial charge in [-0.1, -0.05) is 95.8 Å². The smallest absolute Gasteiger partial charge is 0.0455 e. The van der Waals surface area contributed by atoms with Gasteiger partial charge >= 0.3 is 0 Å². The second-order valence-electron chi connectivity index (χ2n) is 9.78. The van der Waals surface area contributed by atoms with Crippen LogP contribution in [0.4, 0.5) is 0 Å². The molecular formula is C19H36Si3. The summed E-state index contributed by atoms with van der Waals surface area (Å²) in [7, 11) is -3.93. The zero-order valence-electron chi connectivity index (χ0n) is 16.3. The first-order valence-corrected chi connectivity index (χ1v) is 19.0. The van der Waals surface area contributed by atoms with Crippen LogP contribution < -0.4 is 0 Å². The minimum absolute atomic E-state index is 0.600.